The molecule has 20 heavy (non-hydrogen) atoms. The average Bonchev–Trinajstić information content (AvgIpc) is 2.47. The van der Waals surface area contributed by atoms with Crippen LogP contribution in [0.4, 0.5) is 0 Å². The van der Waals surface area contributed by atoms with Gasteiger partial charge in [-0.3, -0.25) is 9.97 Å². The Balaban J connectivity index is 0.000000212. The summed E-state index contributed by atoms with van der Waals surface area (Å²) in [5, 5.41) is 17.1. The first-order valence-corrected chi connectivity index (χ1v) is 5.64. The monoisotopic (exact) mass is 270 g/mol. The molecule has 0 bridgehead atoms. The summed E-state index contributed by atoms with van der Waals surface area (Å²) in [6.07, 6.45) is 3.62. The highest BCUT2D eigenvalue weighted by Gasteiger charge is 2.04. The van der Waals surface area contributed by atoms with Gasteiger partial charge in [-0.2, -0.15) is 0 Å². The number of hydrogen-bond donors (Lipinski definition) is 2. The molecule has 0 spiro atoms. The van der Waals surface area contributed by atoms with Crippen molar-refractivity contribution >= 4 is 33.7 Å². The van der Waals surface area contributed by atoms with Crippen molar-refractivity contribution in [3.8, 4) is 0 Å². The van der Waals surface area contributed by atoms with E-state index in [0.29, 0.717) is 0 Å². The van der Waals surface area contributed by atoms with Crippen molar-refractivity contribution in [1.29, 1.82) is 0 Å². The lowest BCUT2D eigenvalue weighted by Crippen LogP contribution is -2.09. The van der Waals surface area contributed by atoms with Gasteiger partial charge in [0.15, 0.2) is 0 Å². The number of rotatable bonds is 0. The molecular weight excluding hydrogens is 260 g/mol. The summed E-state index contributed by atoms with van der Waals surface area (Å²) in [6.45, 7) is 0. The zero-order valence-electron chi connectivity index (χ0n) is 10.2. The minimum atomic E-state index is -1.82. The smallest absolute Gasteiger partial charge is 0.414 e. The summed E-state index contributed by atoms with van der Waals surface area (Å²) in [5.41, 5.74) is 2.04. The zero-order valence-corrected chi connectivity index (χ0v) is 10.2. The van der Waals surface area contributed by atoms with Crippen LogP contribution in [0.1, 0.15) is 0 Å². The maximum absolute atomic E-state index is 9.10. The van der Waals surface area contributed by atoms with Crippen LogP contribution in [0.25, 0.3) is 21.8 Å². The molecule has 0 saturated carbocycles. The molecule has 0 radical (unpaired) electrons. The Labute approximate surface area is 113 Å². The molecule has 6 nitrogen and oxygen atoms in total. The average molecular weight is 270 g/mol. The normalized spacial score (nSPS) is 9.80. The van der Waals surface area contributed by atoms with Crippen molar-refractivity contribution in [2.75, 3.05) is 0 Å². The molecule has 0 aliphatic rings. The number of nitrogens with zero attached hydrogens (tertiary/aromatic N) is 2. The van der Waals surface area contributed by atoms with Crippen LogP contribution < -0.4 is 0 Å². The summed E-state index contributed by atoms with van der Waals surface area (Å²) in [4.78, 5) is 26.8. The predicted molar refractivity (Wildman–Crippen MR) is 72.3 cm³/mol. The van der Waals surface area contributed by atoms with Gasteiger partial charge < -0.3 is 10.2 Å². The summed E-state index contributed by atoms with van der Waals surface area (Å²) in [7, 11) is 0. The third-order valence-corrected chi connectivity index (χ3v) is 2.55. The maximum atomic E-state index is 9.10. The second-order valence-corrected chi connectivity index (χ2v) is 3.82. The summed E-state index contributed by atoms with van der Waals surface area (Å²) >= 11 is 0. The van der Waals surface area contributed by atoms with Gasteiger partial charge in [-0.05, 0) is 24.3 Å². The molecule has 0 amide bonds. The van der Waals surface area contributed by atoms with Gasteiger partial charge in [-0.15, -0.1) is 0 Å². The molecule has 0 atom stereocenters. The summed E-state index contributed by atoms with van der Waals surface area (Å²) in [6, 6.07) is 12.1. The molecule has 0 aliphatic heterocycles. The van der Waals surface area contributed by atoms with Gasteiger partial charge in [-0.1, -0.05) is 12.1 Å². The van der Waals surface area contributed by atoms with E-state index >= 15 is 0 Å². The van der Waals surface area contributed by atoms with E-state index in [4.69, 9.17) is 19.8 Å². The van der Waals surface area contributed by atoms with E-state index in [9.17, 15) is 0 Å². The highest BCUT2D eigenvalue weighted by molar-refractivity contribution is 6.27. The second kappa shape index (κ2) is 5.75. The van der Waals surface area contributed by atoms with Crippen LogP contribution in [-0.4, -0.2) is 32.1 Å². The Morgan fingerprint density at radius 2 is 1.15 bits per heavy atom. The molecule has 6 heteroatoms. The number of pyridine rings is 2. The molecule has 3 aromatic rings. The number of aliphatic carboxylic acids is 2. The predicted octanol–water partition coefficient (Wildman–Crippen LogP) is 1.94. The topological polar surface area (TPSA) is 100 Å². The molecule has 0 saturated heterocycles. The maximum Gasteiger partial charge on any atom is 0.414 e. The van der Waals surface area contributed by atoms with Crippen LogP contribution in [0.2, 0.25) is 0 Å². The molecule has 2 N–H and O–H groups in total. The lowest BCUT2D eigenvalue weighted by Gasteiger charge is -2.00. The quantitative estimate of drug-likeness (QED) is 0.478. The largest absolute Gasteiger partial charge is 0.473 e. The molecule has 1 aromatic carbocycles. The summed E-state index contributed by atoms with van der Waals surface area (Å²) < 4.78 is 0. The number of aromatic nitrogens is 2. The SMILES string of the molecule is O=C(O)C(=O)O.c1cnc2ccc3ncccc3c2c1. The molecule has 0 fully saturated rings. The Bertz CT molecular complexity index is 719. The first kappa shape index (κ1) is 13.4. The van der Waals surface area contributed by atoms with Crippen LogP contribution >= 0.6 is 0 Å². The van der Waals surface area contributed by atoms with E-state index in [1.165, 1.54) is 0 Å². The molecule has 2 heterocycles. The molecular formula is C14H10N2O4. The van der Waals surface area contributed by atoms with Gasteiger partial charge in [-0.25, -0.2) is 9.59 Å². The van der Waals surface area contributed by atoms with Gasteiger partial charge >= 0.3 is 11.9 Å². The van der Waals surface area contributed by atoms with Gasteiger partial charge in [0.05, 0.1) is 11.0 Å². The van der Waals surface area contributed by atoms with Crippen molar-refractivity contribution in [2.24, 2.45) is 0 Å². The molecule has 2 aromatic heterocycles. The van der Waals surface area contributed by atoms with Crippen molar-refractivity contribution < 1.29 is 19.8 Å². The molecule has 3 rings (SSSR count). The first-order valence-electron chi connectivity index (χ1n) is 5.64. The van der Waals surface area contributed by atoms with Gasteiger partial charge in [0.25, 0.3) is 0 Å². The fourth-order valence-corrected chi connectivity index (χ4v) is 1.71. The number of benzene rings is 1. The van der Waals surface area contributed by atoms with Crippen LogP contribution in [0.15, 0.2) is 48.8 Å². The third-order valence-electron chi connectivity index (χ3n) is 2.55. The van der Waals surface area contributed by atoms with E-state index in [1.807, 2.05) is 36.7 Å². The number of carbonyl (C=O) groups is 2. The van der Waals surface area contributed by atoms with Crippen molar-refractivity contribution in [3.63, 3.8) is 0 Å². The van der Waals surface area contributed by atoms with E-state index in [1.54, 1.807) is 0 Å². The van der Waals surface area contributed by atoms with Crippen LogP contribution in [0.5, 0.6) is 0 Å². The zero-order chi connectivity index (χ0) is 14.5. The fourth-order valence-electron chi connectivity index (χ4n) is 1.71. The number of carboxylic acids is 2. The van der Waals surface area contributed by atoms with Crippen LogP contribution in [-0.2, 0) is 9.59 Å². The highest BCUT2D eigenvalue weighted by Crippen LogP contribution is 2.21. The number of carboxylic acid groups (broad SMARTS) is 2. The number of fused-ring (bicyclic) bond motifs is 3. The molecule has 100 valence electrons. The lowest BCUT2D eigenvalue weighted by molar-refractivity contribution is -0.159. The van der Waals surface area contributed by atoms with Gasteiger partial charge in [0, 0.05) is 23.2 Å². The van der Waals surface area contributed by atoms with Crippen molar-refractivity contribution in [2.45, 2.75) is 0 Å². The summed E-state index contributed by atoms with van der Waals surface area (Å²) in [5.74, 6) is -3.65. The third kappa shape index (κ3) is 2.86. The van der Waals surface area contributed by atoms with Gasteiger partial charge in [0.2, 0.25) is 0 Å². The van der Waals surface area contributed by atoms with E-state index in [-0.39, 0.29) is 0 Å². The Hall–Kier alpha value is -3.02. The number of hydrogen-bond acceptors (Lipinski definition) is 4. The van der Waals surface area contributed by atoms with Crippen molar-refractivity contribution in [3.05, 3.63) is 48.8 Å². The van der Waals surface area contributed by atoms with E-state index < -0.39 is 11.9 Å². The van der Waals surface area contributed by atoms with Gasteiger partial charge in [0.1, 0.15) is 0 Å². The Morgan fingerprint density at radius 1 is 0.750 bits per heavy atom. The minimum absolute atomic E-state index is 1.02. The first-order chi connectivity index (χ1) is 9.59. The minimum Gasteiger partial charge on any atom is -0.473 e. The van der Waals surface area contributed by atoms with Crippen molar-refractivity contribution in [1.82, 2.24) is 9.97 Å². The molecule has 0 unspecified atom stereocenters. The molecule has 0 aliphatic carbocycles. The van der Waals surface area contributed by atoms with E-state index in [2.05, 4.69) is 22.1 Å². The van der Waals surface area contributed by atoms with E-state index in [0.717, 1.165) is 21.8 Å². The lowest BCUT2D eigenvalue weighted by atomic mass is 10.1. The van der Waals surface area contributed by atoms with Crippen LogP contribution in [0, 0.1) is 0 Å². The van der Waals surface area contributed by atoms with Crippen LogP contribution in [0.3, 0.4) is 0 Å². The second-order valence-electron chi connectivity index (χ2n) is 3.82. The standard InChI is InChI=1S/C12H8N2.C2H2O4/c1-3-9-10-4-2-8-14-12(10)6-5-11(9)13-7-1;3-1(4)2(5)6/h1-8H;(H,3,4)(H,5,6). The fraction of sp³-hybridized carbons (Fsp3) is 0. The highest BCUT2D eigenvalue weighted by atomic mass is 16.4. The Morgan fingerprint density at radius 3 is 1.50 bits per heavy atom. The Kier molecular flexibility index (Phi) is 3.85.